The van der Waals surface area contributed by atoms with Crippen molar-refractivity contribution in [2.45, 2.75) is 13.6 Å². The number of hydrogen-bond acceptors (Lipinski definition) is 1. The van der Waals surface area contributed by atoms with Crippen molar-refractivity contribution in [3.63, 3.8) is 0 Å². The molecule has 0 rings (SSSR count). The quantitative estimate of drug-likeness (QED) is 0.379. The van der Waals surface area contributed by atoms with Crippen molar-refractivity contribution in [1.29, 1.82) is 0 Å². The van der Waals surface area contributed by atoms with Gasteiger partial charge in [0.25, 0.3) is 0 Å². The molecule has 1 atom stereocenters. The van der Waals surface area contributed by atoms with Gasteiger partial charge in [-0.05, 0) is 4.22 Å². The molecule has 0 bridgehead atoms. The Labute approximate surface area is 58.0 Å². The normalized spacial score (nSPS) is 13.8. The largest absolute Gasteiger partial charge is 0.186 e. The third-order valence-electron chi connectivity index (χ3n) is 0.454. The van der Waals surface area contributed by atoms with Crippen LogP contribution in [0, 0.1) is 0 Å². The molecule has 0 aliphatic rings. The Morgan fingerprint density at radius 2 is 1.83 bits per heavy atom. The lowest BCUT2D eigenvalue weighted by atomic mass is 9.84. The molecule has 0 radical (unpaired) electrons. The van der Waals surface area contributed by atoms with Gasteiger partial charge < -0.3 is 0 Å². The lowest BCUT2D eigenvalue weighted by molar-refractivity contribution is 2.11. The minimum atomic E-state index is -0.398. The van der Waals surface area contributed by atoms with E-state index < -0.39 is 4.22 Å². The second-order valence-electron chi connectivity index (χ2n) is 1.46. The summed E-state index contributed by atoms with van der Waals surface area (Å²) in [7, 11) is 0. The van der Waals surface area contributed by atoms with Crippen molar-refractivity contribution in [2.75, 3.05) is 0 Å². The van der Waals surface area contributed by atoms with Crippen molar-refractivity contribution in [3.05, 3.63) is 0 Å². The minimum absolute atomic E-state index is 0.398. The maximum absolute atomic E-state index is 4.99. The first-order valence-electron chi connectivity index (χ1n) is 1.84. The Morgan fingerprint density at radius 3 is 1.83 bits per heavy atom. The summed E-state index contributed by atoms with van der Waals surface area (Å²) >= 11 is 7.34. The van der Waals surface area contributed by atoms with Crippen LogP contribution in [-0.2, 0) is 11.8 Å². The highest BCUT2D eigenvalue weighted by molar-refractivity contribution is 14.2. The van der Waals surface area contributed by atoms with E-state index in [2.05, 4.69) is 35.7 Å². The van der Waals surface area contributed by atoms with Crippen LogP contribution < -0.4 is 0 Å². The predicted molar refractivity (Wildman–Crippen MR) is 47.2 cm³/mol. The third kappa shape index (κ3) is 3.63. The molecule has 0 aliphatic heterocycles. The second kappa shape index (κ2) is 3.45. The summed E-state index contributed by atoms with van der Waals surface area (Å²) in [5.41, 5.74) is 0. The van der Waals surface area contributed by atoms with Crippen molar-refractivity contribution in [1.82, 2.24) is 0 Å². The van der Waals surface area contributed by atoms with Crippen LogP contribution in [0.25, 0.3) is 0 Å². The highest BCUT2D eigenvalue weighted by Gasteiger charge is 1.96. The van der Waals surface area contributed by atoms with Gasteiger partial charge in [-0.3, -0.25) is 0 Å². The molecule has 0 heterocycles. The molecule has 36 valence electrons. The van der Waals surface area contributed by atoms with Gasteiger partial charge in [0.2, 0.25) is 0 Å². The molecule has 0 saturated carbocycles. The Hall–Kier alpha value is 1.44. The monoisotopic (exact) mass is 232 g/mol. The number of halogens is 1. The van der Waals surface area contributed by atoms with Crippen LogP contribution >= 0.6 is 26.3 Å². The molecule has 0 fully saturated rings. The standard InChI is InChI=1S/C2H7BIPS/c1-3(2)5(4)6/h5H,1-2H3. The van der Waals surface area contributed by atoms with E-state index in [9.17, 15) is 0 Å². The average Bonchev–Trinajstić information content (AvgIpc) is 1.36. The van der Waals surface area contributed by atoms with Crippen LogP contribution in [-0.4, -0.2) is 6.43 Å². The zero-order valence-electron chi connectivity index (χ0n) is 3.86. The van der Waals surface area contributed by atoms with E-state index in [0.717, 1.165) is 6.43 Å². The van der Waals surface area contributed by atoms with Crippen LogP contribution in [0.1, 0.15) is 0 Å². The first-order chi connectivity index (χ1) is 2.64. The number of hydrogen-bond donors (Lipinski definition) is 0. The van der Waals surface area contributed by atoms with E-state index in [1.54, 1.807) is 0 Å². The molecule has 1 unspecified atom stereocenters. The molecule has 0 amide bonds. The first-order valence-corrected chi connectivity index (χ1v) is 7.66. The summed E-state index contributed by atoms with van der Waals surface area (Å²) in [6.45, 7) is 4.35. The summed E-state index contributed by atoms with van der Waals surface area (Å²) in [6, 6.07) is 0. The molecule has 0 N–H and O–H groups in total. The molecule has 6 heavy (non-hydrogen) atoms. The van der Waals surface area contributed by atoms with Crippen molar-refractivity contribution < 1.29 is 0 Å². The third-order valence-corrected chi connectivity index (χ3v) is 6.51. The lowest BCUT2D eigenvalue weighted by Crippen LogP contribution is -1.84. The van der Waals surface area contributed by atoms with Crippen LogP contribution in [0.2, 0.25) is 13.6 Å². The van der Waals surface area contributed by atoms with Gasteiger partial charge >= 0.3 is 0 Å². The van der Waals surface area contributed by atoms with E-state index in [-0.39, 0.29) is 0 Å². The minimum Gasteiger partial charge on any atom is -0.0997 e. The molecule has 0 aromatic rings. The van der Waals surface area contributed by atoms with Crippen molar-refractivity contribution in [2.24, 2.45) is 0 Å². The molecule has 0 aliphatic carbocycles. The summed E-state index contributed by atoms with van der Waals surface area (Å²) in [6.07, 6.45) is 0.755. The van der Waals surface area contributed by atoms with Crippen LogP contribution in [0.4, 0.5) is 0 Å². The molecular weight excluding hydrogens is 225 g/mol. The SMILES string of the molecule is CB(C)[PH](=S)I. The van der Waals surface area contributed by atoms with Crippen molar-refractivity contribution >= 4 is 44.5 Å². The molecule has 0 aromatic heterocycles. The fourth-order valence-corrected chi connectivity index (χ4v) is 0. The van der Waals surface area contributed by atoms with E-state index in [1.165, 1.54) is 0 Å². The molecular formula is C2H7BIPS. The zero-order valence-corrected chi connectivity index (χ0v) is 7.84. The Morgan fingerprint density at radius 1 is 1.67 bits per heavy atom. The van der Waals surface area contributed by atoms with Gasteiger partial charge in [-0.25, -0.2) is 0 Å². The Bertz CT molecular complexity index is 64.6. The number of rotatable bonds is 1. The predicted octanol–water partition coefficient (Wildman–Crippen LogP) is 2.26. The zero-order chi connectivity index (χ0) is 5.15. The van der Waals surface area contributed by atoms with Gasteiger partial charge in [-0.1, -0.05) is 47.5 Å². The summed E-state index contributed by atoms with van der Waals surface area (Å²) < 4.78 is -0.398. The molecule has 0 nitrogen and oxygen atoms in total. The summed E-state index contributed by atoms with van der Waals surface area (Å²) in [5, 5.41) is 0. The van der Waals surface area contributed by atoms with Gasteiger partial charge in [0.1, 0.15) is 0 Å². The molecule has 0 spiro atoms. The van der Waals surface area contributed by atoms with Crippen molar-refractivity contribution in [3.8, 4) is 0 Å². The highest BCUT2D eigenvalue weighted by Crippen LogP contribution is 2.33. The molecule has 0 aromatic carbocycles. The fraction of sp³-hybridized carbons (Fsp3) is 1.00. The second-order valence-corrected chi connectivity index (χ2v) is 10.2. The van der Waals surface area contributed by atoms with Crippen LogP contribution in [0.5, 0.6) is 0 Å². The van der Waals surface area contributed by atoms with E-state index >= 15 is 0 Å². The smallest absolute Gasteiger partial charge is 0.0997 e. The first kappa shape index (κ1) is 7.44. The summed E-state index contributed by atoms with van der Waals surface area (Å²) in [5.74, 6) is 0. The molecule has 4 heteroatoms. The average molecular weight is 232 g/mol. The van der Waals surface area contributed by atoms with Crippen LogP contribution in [0.15, 0.2) is 0 Å². The molecule has 0 saturated heterocycles. The van der Waals surface area contributed by atoms with E-state index in [4.69, 9.17) is 11.8 Å². The van der Waals surface area contributed by atoms with Gasteiger partial charge in [0, 0.05) is 0 Å². The van der Waals surface area contributed by atoms with E-state index in [0.29, 0.717) is 0 Å². The highest BCUT2D eigenvalue weighted by atomic mass is 127. The fourth-order valence-electron chi connectivity index (χ4n) is 0. The Balaban J connectivity index is 3.26. The topological polar surface area (TPSA) is 0 Å². The maximum atomic E-state index is 4.99. The van der Waals surface area contributed by atoms with Gasteiger partial charge in [0.15, 0.2) is 6.43 Å². The Kier molecular flexibility index (Phi) is 4.28. The summed E-state index contributed by atoms with van der Waals surface area (Å²) in [4.78, 5) is 0. The lowest BCUT2D eigenvalue weighted by Gasteiger charge is -1.89. The van der Waals surface area contributed by atoms with Gasteiger partial charge in [-0.15, -0.1) is 0 Å². The van der Waals surface area contributed by atoms with Gasteiger partial charge in [-0.2, -0.15) is 0 Å². The maximum Gasteiger partial charge on any atom is 0.186 e. The van der Waals surface area contributed by atoms with Gasteiger partial charge in [0.05, 0.1) is 0 Å². The van der Waals surface area contributed by atoms with Crippen LogP contribution in [0.3, 0.4) is 0 Å². The van der Waals surface area contributed by atoms with E-state index in [1.807, 2.05) is 0 Å².